The molecule has 20 heavy (non-hydrogen) atoms. The lowest BCUT2D eigenvalue weighted by Crippen LogP contribution is -2.29. The Morgan fingerprint density at radius 1 is 1.30 bits per heavy atom. The molecule has 1 N–H and O–H groups in total. The minimum absolute atomic E-state index is 0.0111. The molecule has 0 aromatic heterocycles. The van der Waals surface area contributed by atoms with Gasteiger partial charge in [0.25, 0.3) is 0 Å². The van der Waals surface area contributed by atoms with Gasteiger partial charge in [-0.25, -0.2) is 0 Å². The lowest BCUT2D eigenvalue weighted by atomic mass is 9.75. The molecule has 2 nitrogen and oxygen atoms in total. The van der Waals surface area contributed by atoms with Gasteiger partial charge >= 0.3 is 6.61 Å². The molecule has 0 radical (unpaired) electrons. The van der Waals surface area contributed by atoms with Crippen molar-refractivity contribution in [2.75, 3.05) is 5.32 Å². The van der Waals surface area contributed by atoms with Gasteiger partial charge in [0.2, 0.25) is 0 Å². The smallest absolute Gasteiger partial charge is 0.387 e. The van der Waals surface area contributed by atoms with Gasteiger partial charge in [0.05, 0.1) is 5.02 Å². The maximum Gasteiger partial charge on any atom is 0.387 e. The molecule has 0 bridgehead atoms. The van der Waals surface area contributed by atoms with Crippen LogP contribution in [0.2, 0.25) is 5.02 Å². The zero-order chi connectivity index (χ0) is 14.8. The summed E-state index contributed by atoms with van der Waals surface area (Å²) in [4.78, 5) is 0. The zero-order valence-corrected chi connectivity index (χ0v) is 12.5. The predicted molar refractivity (Wildman–Crippen MR) is 77.7 cm³/mol. The van der Waals surface area contributed by atoms with E-state index in [-0.39, 0.29) is 10.8 Å². The molecule has 0 heterocycles. The fraction of sp³-hybridized carbons (Fsp3) is 0.600. The molecule has 1 aromatic rings. The van der Waals surface area contributed by atoms with E-state index in [9.17, 15) is 8.78 Å². The first-order valence-corrected chi connectivity index (χ1v) is 7.24. The summed E-state index contributed by atoms with van der Waals surface area (Å²) in [6, 6.07) is 5.26. The van der Waals surface area contributed by atoms with Crippen LogP contribution < -0.4 is 10.1 Å². The highest BCUT2D eigenvalue weighted by Gasteiger charge is 2.26. The molecule has 112 valence electrons. The van der Waals surface area contributed by atoms with Crippen LogP contribution in [-0.4, -0.2) is 12.7 Å². The highest BCUT2D eigenvalue weighted by molar-refractivity contribution is 6.32. The number of hydrogen-bond donors (Lipinski definition) is 1. The molecular formula is C15H20ClF2NO. The average molecular weight is 304 g/mol. The maximum atomic E-state index is 12.2. The summed E-state index contributed by atoms with van der Waals surface area (Å²) in [5, 5.41) is 3.61. The standard InChI is InChI=1S/C15H20ClF2NO/c1-15(2)7-5-10(6-8-15)19-11-3-4-13(12(16)9-11)20-14(17)18/h3-4,9-10,14,19H,5-8H2,1-2H3. The molecule has 0 saturated heterocycles. The molecule has 5 heteroatoms. The van der Waals surface area contributed by atoms with Crippen LogP contribution in [0, 0.1) is 5.41 Å². The number of ether oxygens (including phenoxy) is 1. The Balaban J connectivity index is 1.95. The fourth-order valence-corrected chi connectivity index (χ4v) is 2.79. The zero-order valence-electron chi connectivity index (χ0n) is 11.8. The van der Waals surface area contributed by atoms with E-state index >= 15 is 0 Å². The summed E-state index contributed by atoms with van der Waals surface area (Å²) in [7, 11) is 0. The van der Waals surface area contributed by atoms with Crippen LogP contribution >= 0.6 is 11.6 Å². The second-order valence-electron chi connectivity index (χ2n) is 6.11. The normalized spacial score (nSPS) is 19.1. The van der Waals surface area contributed by atoms with Crippen LogP contribution in [0.4, 0.5) is 14.5 Å². The fourth-order valence-electron chi connectivity index (χ4n) is 2.56. The number of alkyl halides is 2. The highest BCUT2D eigenvalue weighted by Crippen LogP contribution is 2.37. The highest BCUT2D eigenvalue weighted by atomic mass is 35.5. The topological polar surface area (TPSA) is 21.3 Å². The Kier molecular flexibility index (Phi) is 4.74. The van der Waals surface area contributed by atoms with Gasteiger partial charge in [-0.2, -0.15) is 8.78 Å². The van der Waals surface area contributed by atoms with E-state index < -0.39 is 6.61 Å². The Morgan fingerprint density at radius 3 is 2.50 bits per heavy atom. The summed E-state index contributed by atoms with van der Waals surface area (Å²) in [5.74, 6) is 0.0111. The minimum atomic E-state index is -2.85. The molecule has 1 saturated carbocycles. The molecule has 0 aliphatic heterocycles. The third-order valence-corrected chi connectivity index (χ3v) is 4.15. The largest absolute Gasteiger partial charge is 0.433 e. The first kappa shape index (κ1) is 15.4. The van der Waals surface area contributed by atoms with Gasteiger partial charge < -0.3 is 10.1 Å². The Bertz CT molecular complexity index is 455. The molecule has 1 fully saturated rings. The van der Waals surface area contributed by atoms with E-state index in [4.69, 9.17) is 11.6 Å². The Morgan fingerprint density at radius 2 is 1.95 bits per heavy atom. The van der Waals surface area contributed by atoms with Gasteiger partial charge in [-0.3, -0.25) is 0 Å². The molecule has 0 atom stereocenters. The van der Waals surface area contributed by atoms with E-state index in [2.05, 4.69) is 23.9 Å². The molecule has 0 spiro atoms. The summed E-state index contributed by atoms with van der Waals surface area (Å²) in [6.07, 6.45) is 4.59. The lowest BCUT2D eigenvalue weighted by molar-refractivity contribution is -0.0497. The predicted octanol–water partition coefficient (Wildman–Crippen LogP) is 5.32. The number of halogens is 3. The van der Waals surface area contributed by atoms with Crippen molar-refractivity contribution in [1.82, 2.24) is 0 Å². The number of nitrogens with one attached hydrogen (secondary N) is 1. The minimum Gasteiger partial charge on any atom is -0.433 e. The third kappa shape index (κ3) is 4.23. The van der Waals surface area contributed by atoms with Crippen LogP contribution in [0.1, 0.15) is 39.5 Å². The van der Waals surface area contributed by atoms with Gasteiger partial charge in [0, 0.05) is 11.7 Å². The Labute approximate surface area is 123 Å². The van der Waals surface area contributed by atoms with Crippen LogP contribution in [0.5, 0.6) is 5.75 Å². The molecule has 2 rings (SSSR count). The second-order valence-corrected chi connectivity index (χ2v) is 6.51. The van der Waals surface area contributed by atoms with E-state index in [1.807, 2.05) is 0 Å². The van der Waals surface area contributed by atoms with Crippen molar-refractivity contribution in [3.8, 4) is 5.75 Å². The van der Waals surface area contributed by atoms with Crippen molar-refractivity contribution in [3.05, 3.63) is 23.2 Å². The van der Waals surface area contributed by atoms with Crippen molar-refractivity contribution < 1.29 is 13.5 Å². The summed E-state index contributed by atoms with van der Waals surface area (Å²) < 4.78 is 28.6. The van der Waals surface area contributed by atoms with E-state index in [0.29, 0.717) is 11.5 Å². The van der Waals surface area contributed by atoms with Crippen LogP contribution in [-0.2, 0) is 0 Å². The first-order chi connectivity index (χ1) is 9.35. The Hall–Kier alpha value is -1.03. The average Bonchev–Trinajstić information content (AvgIpc) is 2.35. The number of hydrogen-bond acceptors (Lipinski definition) is 2. The van der Waals surface area contributed by atoms with Gasteiger partial charge in [-0.15, -0.1) is 0 Å². The van der Waals surface area contributed by atoms with Gasteiger partial charge in [-0.1, -0.05) is 25.4 Å². The van der Waals surface area contributed by atoms with Gasteiger partial charge in [0.1, 0.15) is 5.75 Å². The molecule has 1 aliphatic rings. The van der Waals surface area contributed by atoms with Crippen molar-refractivity contribution in [2.45, 2.75) is 52.2 Å². The molecule has 1 aliphatic carbocycles. The molecule has 0 amide bonds. The number of anilines is 1. The van der Waals surface area contributed by atoms with Gasteiger partial charge in [-0.05, 0) is 49.3 Å². The molecule has 1 aromatic carbocycles. The van der Waals surface area contributed by atoms with Crippen LogP contribution in [0.15, 0.2) is 18.2 Å². The van der Waals surface area contributed by atoms with E-state index in [1.165, 1.54) is 18.9 Å². The molecular weight excluding hydrogens is 284 g/mol. The van der Waals surface area contributed by atoms with E-state index in [0.717, 1.165) is 18.5 Å². The van der Waals surface area contributed by atoms with Gasteiger partial charge in [0.15, 0.2) is 0 Å². The van der Waals surface area contributed by atoms with Crippen molar-refractivity contribution >= 4 is 17.3 Å². The maximum absolute atomic E-state index is 12.2. The SMILES string of the molecule is CC1(C)CCC(Nc2ccc(OC(F)F)c(Cl)c2)CC1. The van der Waals surface area contributed by atoms with Crippen molar-refractivity contribution in [3.63, 3.8) is 0 Å². The summed E-state index contributed by atoms with van der Waals surface area (Å²) >= 11 is 5.94. The number of rotatable bonds is 4. The quantitative estimate of drug-likeness (QED) is 0.812. The summed E-state index contributed by atoms with van der Waals surface area (Å²) in [6.45, 7) is 1.72. The van der Waals surface area contributed by atoms with E-state index in [1.54, 1.807) is 12.1 Å². The first-order valence-electron chi connectivity index (χ1n) is 6.87. The van der Waals surface area contributed by atoms with Crippen molar-refractivity contribution in [2.24, 2.45) is 5.41 Å². The lowest BCUT2D eigenvalue weighted by Gasteiger charge is -2.35. The number of benzene rings is 1. The summed E-state index contributed by atoms with van der Waals surface area (Å²) in [5.41, 5.74) is 1.27. The molecule has 0 unspecified atom stereocenters. The van der Waals surface area contributed by atoms with Crippen molar-refractivity contribution in [1.29, 1.82) is 0 Å². The second kappa shape index (κ2) is 6.17. The van der Waals surface area contributed by atoms with Crippen LogP contribution in [0.25, 0.3) is 0 Å². The van der Waals surface area contributed by atoms with Crippen LogP contribution in [0.3, 0.4) is 0 Å². The monoisotopic (exact) mass is 303 g/mol. The third-order valence-electron chi connectivity index (χ3n) is 3.86.